The number of para-hydroxylation sites is 2. The Balaban J connectivity index is 0.000000193. The standard InChI is InChI=1S/C24H21N3O3S.C17H15N3O3S/c1-31(28,29)20-11-7-10-19(14-20)27-24-15-22(25-17-26-24)21-12-5-6-13-23(21)30-16-18-8-3-2-4-9-18;1-24(22,23)13-6-4-5-12(9-13)20-17-10-15(18-11-19-17)14-7-2-3-8-16(14)21/h2-15,17H,16H2,1H3,(H,25,26,27);2-11,21H,1H3,(H,18,19,20). The Hall–Kier alpha value is -6.64. The molecule has 0 aliphatic heterocycles. The predicted molar refractivity (Wildman–Crippen MR) is 213 cm³/mol. The van der Waals surface area contributed by atoms with Gasteiger partial charge in [0, 0.05) is 47.1 Å². The molecule has 3 N–H and O–H groups in total. The van der Waals surface area contributed by atoms with E-state index in [1.807, 2.05) is 54.6 Å². The average Bonchev–Trinajstić information content (AvgIpc) is 3.18. The fourth-order valence-electron chi connectivity index (χ4n) is 5.28. The molecule has 7 rings (SSSR count). The van der Waals surface area contributed by atoms with E-state index in [1.54, 1.807) is 72.8 Å². The van der Waals surface area contributed by atoms with E-state index in [9.17, 15) is 21.9 Å². The number of ether oxygens (including phenoxy) is 1. The molecule has 0 unspecified atom stereocenters. The van der Waals surface area contributed by atoms with Crippen LogP contribution in [0.4, 0.5) is 23.0 Å². The second-order valence-electron chi connectivity index (χ2n) is 12.2. The van der Waals surface area contributed by atoms with Crippen molar-refractivity contribution in [2.24, 2.45) is 0 Å². The van der Waals surface area contributed by atoms with Gasteiger partial charge in [0.15, 0.2) is 19.7 Å². The molecule has 55 heavy (non-hydrogen) atoms. The van der Waals surface area contributed by atoms with Crippen LogP contribution >= 0.6 is 0 Å². The van der Waals surface area contributed by atoms with Crippen LogP contribution in [-0.4, -0.2) is 54.4 Å². The number of sulfone groups is 2. The molecule has 12 nitrogen and oxygen atoms in total. The molecule has 0 aliphatic carbocycles. The lowest BCUT2D eigenvalue weighted by Crippen LogP contribution is -2.00. The van der Waals surface area contributed by atoms with Gasteiger partial charge in [-0.3, -0.25) is 0 Å². The predicted octanol–water partition coefficient (Wildman–Crippen LogP) is 7.87. The molecule has 0 fully saturated rings. The van der Waals surface area contributed by atoms with Gasteiger partial charge >= 0.3 is 0 Å². The number of hydrogen-bond donors (Lipinski definition) is 3. The maximum atomic E-state index is 11.8. The Morgan fingerprint density at radius 3 is 1.58 bits per heavy atom. The highest BCUT2D eigenvalue weighted by Crippen LogP contribution is 2.31. The summed E-state index contributed by atoms with van der Waals surface area (Å²) in [6, 6.07) is 41.1. The van der Waals surface area contributed by atoms with E-state index in [0.717, 1.165) is 23.1 Å². The van der Waals surface area contributed by atoms with Crippen molar-refractivity contribution >= 4 is 42.7 Å². The highest BCUT2D eigenvalue weighted by Gasteiger charge is 2.12. The largest absolute Gasteiger partial charge is 0.507 e. The smallest absolute Gasteiger partial charge is 0.175 e. The Bertz CT molecular complexity index is 2640. The molecule has 0 spiro atoms. The molecule has 2 heterocycles. The highest BCUT2D eigenvalue weighted by molar-refractivity contribution is 7.91. The van der Waals surface area contributed by atoms with E-state index >= 15 is 0 Å². The number of aromatic hydroxyl groups is 1. The second-order valence-corrected chi connectivity index (χ2v) is 16.2. The lowest BCUT2D eigenvalue weighted by atomic mass is 10.1. The normalized spacial score (nSPS) is 11.2. The molecule has 0 bridgehead atoms. The summed E-state index contributed by atoms with van der Waals surface area (Å²) in [4.78, 5) is 17.4. The van der Waals surface area contributed by atoms with Crippen molar-refractivity contribution in [3.8, 4) is 34.0 Å². The molecule has 0 amide bonds. The maximum Gasteiger partial charge on any atom is 0.175 e. The van der Waals surface area contributed by atoms with Gasteiger partial charge in [0.25, 0.3) is 0 Å². The van der Waals surface area contributed by atoms with Crippen molar-refractivity contribution < 1.29 is 26.7 Å². The first-order valence-electron chi connectivity index (χ1n) is 16.8. The fraction of sp³-hybridized carbons (Fsp3) is 0.0732. The van der Waals surface area contributed by atoms with Crippen LogP contribution in [0, 0.1) is 0 Å². The fourth-order valence-corrected chi connectivity index (χ4v) is 6.61. The Kier molecular flexibility index (Phi) is 11.8. The zero-order chi connectivity index (χ0) is 38.8. The lowest BCUT2D eigenvalue weighted by Gasteiger charge is -2.12. The molecule has 2 aromatic heterocycles. The number of benzene rings is 5. The zero-order valence-electron chi connectivity index (χ0n) is 29.7. The molecule has 0 aliphatic rings. The van der Waals surface area contributed by atoms with Crippen LogP contribution in [0.3, 0.4) is 0 Å². The van der Waals surface area contributed by atoms with Crippen LogP contribution in [0.2, 0.25) is 0 Å². The Labute approximate surface area is 319 Å². The third-order valence-corrected chi connectivity index (χ3v) is 10.2. The number of phenols is 1. The minimum Gasteiger partial charge on any atom is -0.507 e. The molecule has 278 valence electrons. The molecule has 14 heteroatoms. The van der Waals surface area contributed by atoms with Crippen molar-refractivity contribution in [1.82, 2.24) is 19.9 Å². The van der Waals surface area contributed by atoms with Crippen LogP contribution in [0.25, 0.3) is 22.5 Å². The highest BCUT2D eigenvalue weighted by atomic mass is 32.2. The number of nitrogens with zero attached hydrogens (tertiary/aromatic N) is 4. The molecule has 0 atom stereocenters. The summed E-state index contributed by atoms with van der Waals surface area (Å²) < 4.78 is 52.9. The summed E-state index contributed by atoms with van der Waals surface area (Å²) in [6.07, 6.45) is 5.19. The van der Waals surface area contributed by atoms with Gasteiger partial charge in [-0.05, 0) is 66.2 Å². The molecule has 0 saturated heterocycles. The van der Waals surface area contributed by atoms with Gasteiger partial charge in [0.05, 0.1) is 21.2 Å². The van der Waals surface area contributed by atoms with E-state index in [4.69, 9.17) is 4.74 Å². The Morgan fingerprint density at radius 1 is 0.545 bits per heavy atom. The van der Waals surface area contributed by atoms with Gasteiger partial charge in [-0.2, -0.15) is 0 Å². The third kappa shape index (κ3) is 10.5. The summed E-state index contributed by atoms with van der Waals surface area (Å²) >= 11 is 0. The van der Waals surface area contributed by atoms with Crippen molar-refractivity contribution in [3.05, 3.63) is 158 Å². The van der Waals surface area contributed by atoms with Crippen LogP contribution < -0.4 is 15.4 Å². The van der Waals surface area contributed by atoms with Crippen molar-refractivity contribution in [2.75, 3.05) is 23.1 Å². The van der Waals surface area contributed by atoms with E-state index in [-0.39, 0.29) is 15.5 Å². The van der Waals surface area contributed by atoms with Gasteiger partial charge in [0.2, 0.25) is 0 Å². The minimum atomic E-state index is -3.29. The summed E-state index contributed by atoms with van der Waals surface area (Å²) in [6.45, 7) is 0.451. The van der Waals surface area contributed by atoms with Crippen LogP contribution in [0.15, 0.2) is 162 Å². The van der Waals surface area contributed by atoms with Gasteiger partial charge in [-0.15, -0.1) is 0 Å². The molecule has 5 aromatic carbocycles. The van der Waals surface area contributed by atoms with Gasteiger partial charge in [0.1, 0.15) is 42.4 Å². The van der Waals surface area contributed by atoms with Gasteiger partial charge < -0.3 is 20.5 Å². The summed E-state index contributed by atoms with van der Waals surface area (Å²) in [7, 11) is -6.57. The topological polar surface area (TPSA) is 173 Å². The first-order chi connectivity index (χ1) is 26.4. The molecule has 0 radical (unpaired) electrons. The Morgan fingerprint density at radius 2 is 1.04 bits per heavy atom. The SMILES string of the molecule is CS(=O)(=O)c1cccc(Nc2cc(-c3ccccc3O)ncn2)c1.CS(=O)(=O)c1cccc(Nc2cc(-c3ccccc3OCc3ccccc3)ncn2)c1. The number of anilines is 4. The second kappa shape index (κ2) is 17.0. The molecule has 0 saturated carbocycles. The third-order valence-electron chi connectivity index (χ3n) is 7.98. The van der Waals surface area contributed by atoms with Crippen LogP contribution in [0.1, 0.15) is 5.56 Å². The summed E-state index contributed by atoms with van der Waals surface area (Å²) in [5, 5.41) is 16.1. The van der Waals surface area contributed by atoms with E-state index in [2.05, 4.69) is 30.6 Å². The number of aromatic nitrogens is 4. The van der Waals surface area contributed by atoms with E-state index in [1.165, 1.54) is 31.0 Å². The number of rotatable bonds is 11. The molecular formula is C41H36N6O6S2. The first kappa shape index (κ1) is 38.1. The maximum absolute atomic E-state index is 11.8. The van der Waals surface area contributed by atoms with Crippen LogP contribution in [0.5, 0.6) is 11.5 Å². The van der Waals surface area contributed by atoms with Crippen molar-refractivity contribution in [2.45, 2.75) is 16.4 Å². The summed E-state index contributed by atoms with van der Waals surface area (Å²) in [5.74, 6) is 1.89. The molecular weight excluding hydrogens is 737 g/mol. The van der Waals surface area contributed by atoms with Crippen molar-refractivity contribution in [3.63, 3.8) is 0 Å². The number of nitrogens with one attached hydrogen (secondary N) is 2. The zero-order valence-corrected chi connectivity index (χ0v) is 31.4. The van der Waals surface area contributed by atoms with E-state index < -0.39 is 19.7 Å². The monoisotopic (exact) mass is 772 g/mol. The average molecular weight is 773 g/mol. The van der Waals surface area contributed by atoms with Gasteiger partial charge in [-0.1, -0.05) is 66.7 Å². The lowest BCUT2D eigenvalue weighted by molar-refractivity contribution is 0.307. The minimum absolute atomic E-state index is 0.126. The number of hydrogen-bond acceptors (Lipinski definition) is 12. The van der Waals surface area contributed by atoms with Crippen molar-refractivity contribution in [1.29, 1.82) is 0 Å². The quantitative estimate of drug-likeness (QED) is 0.116. The van der Waals surface area contributed by atoms with E-state index in [0.29, 0.717) is 46.6 Å². The van der Waals surface area contributed by atoms with Gasteiger partial charge in [-0.25, -0.2) is 36.8 Å². The summed E-state index contributed by atoms with van der Waals surface area (Å²) in [5.41, 5.74) is 4.99. The number of phenolic OH excluding ortho intramolecular Hbond substituents is 1. The molecule has 7 aromatic rings. The first-order valence-corrected chi connectivity index (χ1v) is 20.5. The van der Waals surface area contributed by atoms with Crippen LogP contribution in [-0.2, 0) is 26.3 Å².